The first-order chi connectivity index (χ1) is 8.95. The van der Waals surface area contributed by atoms with E-state index in [2.05, 4.69) is 19.6 Å². The zero-order chi connectivity index (χ0) is 15.7. The fraction of sp³-hybridized carbons (Fsp3) is 0.286. The van der Waals surface area contributed by atoms with E-state index in [1.54, 1.807) is 0 Å². The first-order valence-corrected chi connectivity index (χ1v) is 6.02. The Morgan fingerprint density at radius 2 is 2.00 bits per heavy atom. The number of methoxy groups -OCH3 is 1. The molecule has 1 heterocycles. The van der Waals surface area contributed by atoms with E-state index >= 15 is 0 Å². The predicted octanol–water partition coefficient (Wildman–Crippen LogP) is 0.544. The number of alkyl halides is 3. The number of nitrogens with zero attached hydrogens (tertiary/aromatic N) is 2. The molecule has 0 fully saturated rings. The Hall–Kier alpha value is -2.15. The molecule has 0 aliphatic heterocycles. The van der Waals surface area contributed by atoms with Gasteiger partial charge in [-0.05, 0) is 0 Å². The fourth-order valence-corrected chi connectivity index (χ4v) is 1.61. The summed E-state index contributed by atoms with van der Waals surface area (Å²) in [4.78, 5) is 12.6. The molecule has 1 aromatic heterocycles. The average Bonchev–Trinajstić information content (AvgIpc) is 2.23. The minimum atomic E-state index is -5.28. The van der Waals surface area contributed by atoms with Crippen LogP contribution in [0.1, 0.15) is 0 Å². The molecule has 0 radical (unpaired) electrons. The van der Waals surface area contributed by atoms with Gasteiger partial charge in [0.1, 0.15) is 0 Å². The Morgan fingerprint density at radius 3 is 2.35 bits per heavy atom. The second kappa shape index (κ2) is 5.09. The van der Waals surface area contributed by atoms with Crippen LogP contribution in [0.2, 0.25) is 0 Å². The topological polar surface area (TPSA) is 135 Å². The number of sulfonamides is 1. The van der Waals surface area contributed by atoms with Gasteiger partial charge in [-0.3, -0.25) is 10.1 Å². The molecule has 0 unspecified atom stereocenters. The Kier molecular flexibility index (Phi) is 4.04. The highest BCUT2D eigenvalue weighted by atomic mass is 32.2. The van der Waals surface area contributed by atoms with Gasteiger partial charge in [0, 0.05) is 6.07 Å². The van der Waals surface area contributed by atoms with Crippen LogP contribution >= 0.6 is 0 Å². The summed E-state index contributed by atoms with van der Waals surface area (Å²) in [6.45, 7) is 0. The molecule has 0 atom stereocenters. The van der Waals surface area contributed by atoms with Crippen molar-refractivity contribution < 1.29 is 36.0 Å². The van der Waals surface area contributed by atoms with Crippen LogP contribution < -0.4 is 14.6 Å². The van der Waals surface area contributed by atoms with Crippen molar-refractivity contribution in [2.45, 2.75) is 11.4 Å². The van der Waals surface area contributed by atoms with E-state index in [4.69, 9.17) is 0 Å². The Bertz CT molecular complexity index is 644. The molecule has 0 saturated carbocycles. The smallest absolute Gasteiger partial charge is 0.476 e. The first kappa shape index (κ1) is 15.9. The maximum atomic E-state index is 12.2. The van der Waals surface area contributed by atoms with E-state index in [1.165, 1.54) is 0 Å². The molecule has 20 heavy (non-hydrogen) atoms. The van der Waals surface area contributed by atoms with Crippen LogP contribution in [-0.2, 0) is 10.0 Å². The van der Waals surface area contributed by atoms with E-state index < -0.39 is 43.7 Å². The zero-order valence-corrected chi connectivity index (χ0v) is 10.4. The molecule has 0 spiro atoms. The highest BCUT2D eigenvalue weighted by Crippen LogP contribution is 2.39. The molecule has 0 aromatic carbocycles. The normalized spacial score (nSPS) is 12.1. The van der Waals surface area contributed by atoms with Crippen molar-refractivity contribution in [3.63, 3.8) is 0 Å². The van der Waals surface area contributed by atoms with Crippen LogP contribution in [0.4, 0.5) is 18.9 Å². The molecule has 0 saturated heterocycles. The molecule has 0 aliphatic rings. The van der Waals surface area contributed by atoms with Gasteiger partial charge in [-0.25, -0.2) is 13.6 Å². The number of ether oxygens (including phenoxy) is 2. The van der Waals surface area contributed by atoms with E-state index in [9.17, 15) is 31.7 Å². The van der Waals surface area contributed by atoms with Gasteiger partial charge in [-0.1, -0.05) is 0 Å². The highest BCUT2D eigenvalue weighted by molar-refractivity contribution is 7.89. The van der Waals surface area contributed by atoms with Crippen molar-refractivity contribution in [3.05, 3.63) is 16.2 Å². The summed E-state index contributed by atoms with van der Waals surface area (Å²) in [7, 11) is -3.67. The lowest BCUT2D eigenvalue weighted by Gasteiger charge is -2.11. The summed E-state index contributed by atoms with van der Waals surface area (Å²) in [5.41, 5.74) is -1.28. The minimum absolute atomic E-state index is 0.184. The number of hydrogen-bond acceptors (Lipinski definition) is 7. The van der Waals surface area contributed by atoms with Gasteiger partial charge in [0.2, 0.25) is 5.75 Å². The second-order valence-corrected chi connectivity index (χ2v) is 4.67. The van der Waals surface area contributed by atoms with E-state index in [1.807, 2.05) is 0 Å². The van der Waals surface area contributed by atoms with Crippen LogP contribution in [0, 0.1) is 10.1 Å². The number of primary sulfonamides is 1. The van der Waals surface area contributed by atoms with E-state index in [0.29, 0.717) is 0 Å². The quantitative estimate of drug-likeness (QED) is 0.632. The third-order valence-corrected chi connectivity index (χ3v) is 2.59. The standard InChI is InChI=1S/C7H6F3N3O6S/c1-18-6-5(13(14)15)3(19-7(8,9)10)2-4(12-6)20(11,16)17/h2H,1H3,(H2,11,16,17). The summed E-state index contributed by atoms with van der Waals surface area (Å²) >= 11 is 0. The Labute approximate surface area is 109 Å². The molecule has 1 rings (SSSR count). The average molecular weight is 317 g/mol. The molecular weight excluding hydrogens is 311 g/mol. The molecule has 9 nitrogen and oxygen atoms in total. The van der Waals surface area contributed by atoms with Gasteiger partial charge < -0.3 is 9.47 Å². The Morgan fingerprint density at radius 1 is 1.45 bits per heavy atom. The van der Waals surface area contributed by atoms with Crippen molar-refractivity contribution in [1.82, 2.24) is 4.98 Å². The van der Waals surface area contributed by atoms with Gasteiger partial charge in [-0.2, -0.15) is 4.98 Å². The number of nitrogens with two attached hydrogens (primary N) is 1. The summed E-state index contributed by atoms with van der Waals surface area (Å²) in [6, 6.07) is 0.184. The number of rotatable bonds is 4. The highest BCUT2D eigenvalue weighted by Gasteiger charge is 2.38. The summed E-state index contributed by atoms with van der Waals surface area (Å²) in [5, 5.41) is 14.3. The number of hydrogen-bond donors (Lipinski definition) is 1. The number of nitro groups is 1. The van der Waals surface area contributed by atoms with Gasteiger partial charge in [0.15, 0.2) is 5.03 Å². The maximum Gasteiger partial charge on any atom is 0.573 e. The number of pyridine rings is 1. The fourth-order valence-electron chi connectivity index (χ4n) is 1.13. The SMILES string of the molecule is COc1nc(S(N)(=O)=O)cc(OC(F)(F)F)c1[N+](=O)[O-]. The molecule has 13 heteroatoms. The van der Waals surface area contributed by atoms with Gasteiger partial charge in [0.25, 0.3) is 15.9 Å². The molecule has 1 aromatic rings. The molecule has 112 valence electrons. The summed E-state index contributed by atoms with van der Waals surface area (Å²) < 4.78 is 66.4. The summed E-state index contributed by atoms with van der Waals surface area (Å²) in [6.07, 6.45) is -5.28. The number of halogens is 3. The van der Waals surface area contributed by atoms with Crippen molar-refractivity contribution in [1.29, 1.82) is 0 Å². The van der Waals surface area contributed by atoms with Gasteiger partial charge >= 0.3 is 12.0 Å². The summed E-state index contributed by atoms with van der Waals surface area (Å²) in [5.74, 6) is -2.39. The monoisotopic (exact) mass is 317 g/mol. The van der Waals surface area contributed by atoms with Crippen LogP contribution in [0.3, 0.4) is 0 Å². The predicted molar refractivity (Wildman–Crippen MR) is 55.5 cm³/mol. The number of aromatic nitrogens is 1. The molecule has 0 bridgehead atoms. The lowest BCUT2D eigenvalue weighted by Crippen LogP contribution is -2.20. The van der Waals surface area contributed by atoms with Crippen LogP contribution in [0.5, 0.6) is 11.6 Å². The molecule has 0 amide bonds. The lowest BCUT2D eigenvalue weighted by molar-refractivity contribution is -0.390. The van der Waals surface area contributed by atoms with Crippen LogP contribution in [0.25, 0.3) is 0 Å². The Balaban J connectivity index is 3.63. The minimum Gasteiger partial charge on any atom is -0.476 e. The van der Waals surface area contributed by atoms with Crippen molar-refractivity contribution in [2.75, 3.05) is 7.11 Å². The van der Waals surface area contributed by atoms with Crippen molar-refractivity contribution >= 4 is 15.7 Å². The van der Waals surface area contributed by atoms with Crippen molar-refractivity contribution in [2.24, 2.45) is 5.14 Å². The third kappa shape index (κ3) is 3.67. The van der Waals surface area contributed by atoms with E-state index in [-0.39, 0.29) is 6.07 Å². The first-order valence-electron chi connectivity index (χ1n) is 4.47. The zero-order valence-electron chi connectivity index (χ0n) is 9.54. The molecular formula is C7H6F3N3O6S. The maximum absolute atomic E-state index is 12.2. The van der Waals surface area contributed by atoms with Crippen LogP contribution in [-0.4, -0.2) is 31.8 Å². The van der Waals surface area contributed by atoms with E-state index in [0.717, 1.165) is 7.11 Å². The third-order valence-electron chi connectivity index (χ3n) is 1.80. The second-order valence-electron chi connectivity index (χ2n) is 3.17. The molecule has 2 N–H and O–H groups in total. The van der Waals surface area contributed by atoms with Crippen molar-refractivity contribution in [3.8, 4) is 11.6 Å². The molecule has 0 aliphatic carbocycles. The van der Waals surface area contributed by atoms with Crippen LogP contribution in [0.15, 0.2) is 11.1 Å². The van der Waals surface area contributed by atoms with Gasteiger partial charge in [0.05, 0.1) is 12.0 Å². The van der Waals surface area contributed by atoms with Gasteiger partial charge in [-0.15, -0.1) is 13.2 Å². The largest absolute Gasteiger partial charge is 0.573 e. The lowest BCUT2D eigenvalue weighted by atomic mass is 10.4.